The maximum absolute atomic E-state index is 12.6. The van der Waals surface area contributed by atoms with Crippen LogP contribution in [0.25, 0.3) is 11.3 Å². The highest BCUT2D eigenvalue weighted by molar-refractivity contribution is 5.93. The normalized spacial score (nSPS) is 10.5. The number of methoxy groups -OCH3 is 2. The number of hydrogen-bond acceptors (Lipinski definition) is 5. The fourth-order valence-electron chi connectivity index (χ4n) is 2.67. The molecule has 0 saturated carbocycles. The summed E-state index contributed by atoms with van der Waals surface area (Å²) in [6, 6.07) is 16.9. The van der Waals surface area contributed by atoms with E-state index >= 15 is 0 Å². The van der Waals surface area contributed by atoms with Crippen LogP contribution in [0.1, 0.15) is 16.1 Å². The van der Waals surface area contributed by atoms with Crippen molar-refractivity contribution >= 4 is 5.91 Å². The highest BCUT2D eigenvalue weighted by Gasteiger charge is 2.17. The van der Waals surface area contributed by atoms with Gasteiger partial charge in [-0.1, -0.05) is 29.4 Å². The Balaban J connectivity index is 1.63. The Morgan fingerprint density at radius 1 is 1.04 bits per heavy atom. The van der Waals surface area contributed by atoms with Crippen LogP contribution >= 0.6 is 0 Å². The van der Waals surface area contributed by atoms with Gasteiger partial charge in [0.25, 0.3) is 5.91 Å². The number of likely N-dealkylation sites (N-methyl/N-ethyl adjacent to an activating group) is 1. The first-order valence-corrected chi connectivity index (χ1v) is 8.60. The molecule has 2 aromatic carbocycles. The molecule has 1 aromatic heterocycles. The molecule has 0 bridgehead atoms. The van der Waals surface area contributed by atoms with Crippen LogP contribution in [0.15, 0.2) is 59.1 Å². The van der Waals surface area contributed by atoms with Gasteiger partial charge in [0.1, 0.15) is 11.5 Å². The monoisotopic (exact) mass is 366 g/mol. The molecule has 0 fully saturated rings. The molecule has 6 heteroatoms. The van der Waals surface area contributed by atoms with Gasteiger partial charge in [-0.25, -0.2) is 0 Å². The van der Waals surface area contributed by atoms with E-state index in [4.69, 9.17) is 14.0 Å². The zero-order chi connectivity index (χ0) is 19.2. The number of aromatic nitrogens is 1. The lowest BCUT2D eigenvalue weighted by atomic mass is 10.1. The van der Waals surface area contributed by atoms with Crippen molar-refractivity contribution in [2.75, 3.05) is 27.8 Å². The summed E-state index contributed by atoms with van der Waals surface area (Å²) in [5.41, 5.74) is 2.22. The summed E-state index contributed by atoms with van der Waals surface area (Å²) in [6.07, 6.45) is 0.743. The molecule has 3 rings (SSSR count). The maximum atomic E-state index is 12.6. The molecule has 0 N–H and O–H groups in total. The van der Waals surface area contributed by atoms with E-state index < -0.39 is 0 Å². The van der Waals surface area contributed by atoms with Crippen molar-refractivity contribution in [3.63, 3.8) is 0 Å². The lowest BCUT2D eigenvalue weighted by Crippen LogP contribution is -2.29. The number of benzene rings is 2. The topological polar surface area (TPSA) is 64.8 Å². The first kappa shape index (κ1) is 18.5. The molecule has 0 atom stereocenters. The SMILES string of the molecule is COc1ccc(CCN(C)C(=O)c2cc(-c3cccc(OC)c3)on2)cc1. The Labute approximate surface area is 158 Å². The van der Waals surface area contributed by atoms with E-state index in [0.29, 0.717) is 18.1 Å². The van der Waals surface area contributed by atoms with Crippen LogP contribution in [0.5, 0.6) is 11.5 Å². The number of amides is 1. The van der Waals surface area contributed by atoms with E-state index in [9.17, 15) is 4.79 Å². The Morgan fingerprint density at radius 2 is 1.78 bits per heavy atom. The molecular weight excluding hydrogens is 344 g/mol. The minimum atomic E-state index is -0.179. The average Bonchev–Trinajstić information content (AvgIpc) is 3.22. The van der Waals surface area contributed by atoms with Crippen LogP contribution in [-0.2, 0) is 6.42 Å². The molecule has 27 heavy (non-hydrogen) atoms. The summed E-state index contributed by atoms with van der Waals surface area (Å²) in [5, 5.41) is 3.92. The van der Waals surface area contributed by atoms with E-state index in [0.717, 1.165) is 23.3 Å². The summed E-state index contributed by atoms with van der Waals surface area (Å²) in [5.74, 6) is 1.88. The molecule has 0 unspecified atom stereocenters. The molecule has 0 saturated heterocycles. The second kappa shape index (κ2) is 8.40. The van der Waals surface area contributed by atoms with Crippen molar-refractivity contribution < 1.29 is 18.8 Å². The van der Waals surface area contributed by atoms with Gasteiger partial charge in [-0.2, -0.15) is 0 Å². The van der Waals surface area contributed by atoms with Gasteiger partial charge in [0, 0.05) is 25.2 Å². The summed E-state index contributed by atoms with van der Waals surface area (Å²) in [7, 11) is 5.00. The summed E-state index contributed by atoms with van der Waals surface area (Å²) in [4.78, 5) is 14.2. The summed E-state index contributed by atoms with van der Waals surface area (Å²) < 4.78 is 15.7. The third kappa shape index (κ3) is 4.47. The van der Waals surface area contributed by atoms with Crippen molar-refractivity contribution in [1.29, 1.82) is 0 Å². The van der Waals surface area contributed by atoms with Gasteiger partial charge in [0.2, 0.25) is 0 Å². The fourth-order valence-corrected chi connectivity index (χ4v) is 2.67. The summed E-state index contributed by atoms with van der Waals surface area (Å²) >= 11 is 0. The van der Waals surface area contributed by atoms with Crippen molar-refractivity contribution in [2.45, 2.75) is 6.42 Å². The van der Waals surface area contributed by atoms with Gasteiger partial charge in [0.15, 0.2) is 11.5 Å². The van der Waals surface area contributed by atoms with E-state index in [2.05, 4.69) is 5.16 Å². The smallest absolute Gasteiger partial charge is 0.275 e. The summed E-state index contributed by atoms with van der Waals surface area (Å²) in [6.45, 7) is 0.576. The van der Waals surface area contributed by atoms with Crippen LogP contribution in [-0.4, -0.2) is 43.8 Å². The van der Waals surface area contributed by atoms with E-state index in [1.807, 2.05) is 48.5 Å². The van der Waals surface area contributed by atoms with Crippen molar-refractivity contribution in [2.24, 2.45) is 0 Å². The van der Waals surface area contributed by atoms with Crippen LogP contribution in [0, 0.1) is 0 Å². The van der Waals surface area contributed by atoms with Gasteiger partial charge in [-0.3, -0.25) is 4.79 Å². The maximum Gasteiger partial charge on any atom is 0.275 e. The van der Waals surface area contributed by atoms with Crippen LogP contribution < -0.4 is 9.47 Å². The lowest BCUT2D eigenvalue weighted by molar-refractivity contribution is 0.0786. The van der Waals surface area contributed by atoms with Crippen molar-refractivity contribution in [3.05, 3.63) is 65.9 Å². The third-order valence-electron chi connectivity index (χ3n) is 4.33. The van der Waals surface area contributed by atoms with Crippen LogP contribution in [0.4, 0.5) is 0 Å². The molecule has 0 radical (unpaired) electrons. The van der Waals surface area contributed by atoms with Gasteiger partial charge in [-0.15, -0.1) is 0 Å². The number of carbonyl (C=O) groups excluding carboxylic acids is 1. The van der Waals surface area contributed by atoms with Gasteiger partial charge >= 0.3 is 0 Å². The number of rotatable bonds is 7. The lowest BCUT2D eigenvalue weighted by Gasteiger charge is -2.15. The Morgan fingerprint density at radius 3 is 2.48 bits per heavy atom. The zero-order valence-corrected chi connectivity index (χ0v) is 15.6. The number of carbonyl (C=O) groups is 1. The second-order valence-electron chi connectivity index (χ2n) is 6.13. The van der Waals surface area contributed by atoms with Gasteiger partial charge in [-0.05, 0) is 36.2 Å². The molecule has 6 nitrogen and oxygen atoms in total. The number of ether oxygens (including phenoxy) is 2. The van der Waals surface area contributed by atoms with Gasteiger partial charge < -0.3 is 18.9 Å². The first-order valence-electron chi connectivity index (χ1n) is 8.60. The number of hydrogen-bond donors (Lipinski definition) is 0. The molecule has 0 aliphatic heterocycles. The van der Waals surface area contributed by atoms with E-state index in [1.54, 1.807) is 32.2 Å². The van der Waals surface area contributed by atoms with Crippen molar-refractivity contribution in [1.82, 2.24) is 10.1 Å². The van der Waals surface area contributed by atoms with Crippen molar-refractivity contribution in [3.8, 4) is 22.8 Å². The molecule has 1 amide bonds. The molecule has 0 spiro atoms. The number of nitrogens with zero attached hydrogens (tertiary/aromatic N) is 2. The quantitative estimate of drug-likeness (QED) is 0.638. The Bertz CT molecular complexity index is 903. The second-order valence-corrected chi connectivity index (χ2v) is 6.13. The Hall–Kier alpha value is -3.28. The first-order chi connectivity index (χ1) is 13.1. The minimum Gasteiger partial charge on any atom is -0.497 e. The minimum absolute atomic E-state index is 0.179. The van der Waals surface area contributed by atoms with Crippen LogP contribution in [0.3, 0.4) is 0 Å². The molecule has 3 aromatic rings. The third-order valence-corrected chi connectivity index (χ3v) is 4.33. The molecule has 0 aliphatic carbocycles. The van der Waals surface area contributed by atoms with E-state index in [1.165, 1.54) is 0 Å². The highest BCUT2D eigenvalue weighted by atomic mass is 16.5. The van der Waals surface area contributed by atoms with Gasteiger partial charge in [0.05, 0.1) is 14.2 Å². The van der Waals surface area contributed by atoms with Crippen LogP contribution in [0.2, 0.25) is 0 Å². The molecule has 140 valence electrons. The Kier molecular flexibility index (Phi) is 5.76. The fraction of sp³-hybridized carbons (Fsp3) is 0.238. The predicted octanol–water partition coefficient (Wildman–Crippen LogP) is 3.67. The predicted molar refractivity (Wildman–Crippen MR) is 102 cm³/mol. The largest absolute Gasteiger partial charge is 0.497 e. The zero-order valence-electron chi connectivity index (χ0n) is 15.6. The highest BCUT2D eigenvalue weighted by Crippen LogP contribution is 2.24. The molecular formula is C21H22N2O4. The molecule has 1 heterocycles. The average molecular weight is 366 g/mol. The standard InChI is InChI=1S/C21H22N2O4/c1-23(12-11-15-7-9-17(25-2)10-8-15)21(24)19-14-20(27-22-19)16-5-4-6-18(13-16)26-3/h4-10,13-14H,11-12H2,1-3H3. The van der Waals surface area contributed by atoms with E-state index in [-0.39, 0.29) is 11.6 Å². The molecule has 0 aliphatic rings.